The lowest BCUT2D eigenvalue weighted by molar-refractivity contribution is -0.149. The number of fused-ring (bicyclic) bond motifs is 1. The number of amides is 2. The highest BCUT2D eigenvalue weighted by Gasteiger charge is 2.38. The first-order chi connectivity index (χ1) is 10.0. The number of carbonyl (C=O) groups excluding carboxylic acids is 2. The van der Waals surface area contributed by atoms with Gasteiger partial charge in [-0.25, -0.2) is 4.98 Å². The van der Waals surface area contributed by atoms with E-state index in [2.05, 4.69) is 15.2 Å². The van der Waals surface area contributed by atoms with Crippen LogP contribution >= 0.6 is 11.3 Å². The van der Waals surface area contributed by atoms with Crippen molar-refractivity contribution in [3.8, 4) is 0 Å². The second-order valence-corrected chi connectivity index (χ2v) is 6.65. The Morgan fingerprint density at radius 1 is 1.43 bits per heavy atom. The number of rotatable bonds is 3. The van der Waals surface area contributed by atoms with Crippen molar-refractivity contribution >= 4 is 28.3 Å². The topological polar surface area (TPSA) is 68.8 Å². The summed E-state index contributed by atoms with van der Waals surface area (Å²) in [4.78, 5) is 35.2. The van der Waals surface area contributed by atoms with Crippen LogP contribution in [0.1, 0.15) is 4.88 Å². The Balaban J connectivity index is 1.65. The molecular formula is C13H19N5O2S. The van der Waals surface area contributed by atoms with E-state index in [1.165, 1.54) is 4.88 Å². The summed E-state index contributed by atoms with van der Waals surface area (Å²) in [5.74, 6) is -0.0236. The van der Waals surface area contributed by atoms with E-state index in [9.17, 15) is 9.59 Å². The Morgan fingerprint density at radius 3 is 2.95 bits per heavy atom. The SMILES string of the molecule is CN(C)c1ncc(CN2CCN3C(=O)CNC(=O)[C@@H]3C2)s1. The maximum absolute atomic E-state index is 11.9. The first-order valence-corrected chi connectivity index (χ1v) is 7.78. The number of aromatic nitrogens is 1. The molecule has 0 radical (unpaired) electrons. The number of piperazine rings is 2. The lowest BCUT2D eigenvalue weighted by atomic mass is 10.1. The van der Waals surface area contributed by atoms with Crippen molar-refractivity contribution in [3.63, 3.8) is 0 Å². The molecule has 0 spiro atoms. The minimum absolute atomic E-state index is 0.0203. The van der Waals surface area contributed by atoms with Gasteiger partial charge in [0.1, 0.15) is 6.04 Å². The number of nitrogens with one attached hydrogen (secondary N) is 1. The van der Waals surface area contributed by atoms with Gasteiger partial charge in [-0.3, -0.25) is 14.5 Å². The third kappa shape index (κ3) is 2.86. The summed E-state index contributed by atoms with van der Waals surface area (Å²) in [6.45, 7) is 2.92. The molecule has 2 aliphatic heterocycles. The molecule has 1 N–H and O–H groups in total. The van der Waals surface area contributed by atoms with Gasteiger partial charge in [0.05, 0.1) is 6.54 Å². The molecule has 1 aromatic rings. The Labute approximate surface area is 127 Å². The predicted octanol–water partition coefficient (Wildman–Crippen LogP) is -0.648. The van der Waals surface area contributed by atoms with Gasteiger partial charge in [0.15, 0.2) is 5.13 Å². The van der Waals surface area contributed by atoms with E-state index < -0.39 is 0 Å². The Hall–Kier alpha value is -1.67. The number of thiazole rings is 1. The molecule has 3 rings (SSSR count). The fourth-order valence-electron chi connectivity index (χ4n) is 2.69. The van der Waals surface area contributed by atoms with Gasteiger partial charge >= 0.3 is 0 Å². The summed E-state index contributed by atoms with van der Waals surface area (Å²) >= 11 is 1.66. The molecular weight excluding hydrogens is 290 g/mol. The van der Waals surface area contributed by atoms with E-state index in [-0.39, 0.29) is 24.4 Å². The lowest BCUT2D eigenvalue weighted by Crippen LogP contribution is -2.65. The smallest absolute Gasteiger partial charge is 0.244 e. The van der Waals surface area contributed by atoms with E-state index in [1.54, 1.807) is 16.2 Å². The lowest BCUT2D eigenvalue weighted by Gasteiger charge is -2.42. The van der Waals surface area contributed by atoms with Gasteiger partial charge in [-0.2, -0.15) is 0 Å². The molecule has 0 aromatic carbocycles. The Morgan fingerprint density at radius 2 is 2.24 bits per heavy atom. The number of nitrogens with zero attached hydrogens (tertiary/aromatic N) is 4. The molecule has 7 nitrogen and oxygen atoms in total. The number of hydrogen-bond acceptors (Lipinski definition) is 6. The van der Waals surface area contributed by atoms with Crippen LogP contribution in [0.4, 0.5) is 5.13 Å². The van der Waals surface area contributed by atoms with Crippen molar-refractivity contribution in [3.05, 3.63) is 11.1 Å². The minimum atomic E-state index is -0.346. The molecule has 0 saturated carbocycles. The molecule has 0 bridgehead atoms. The first kappa shape index (κ1) is 14.3. The maximum Gasteiger partial charge on any atom is 0.244 e. The minimum Gasteiger partial charge on any atom is -0.354 e. The van der Waals surface area contributed by atoms with Crippen LogP contribution in [0.3, 0.4) is 0 Å². The average molecular weight is 309 g/mol. The van der Waals surface area contributed by atoms with Gasteiger partial charge < -0.3 is 15.1 Å². The van der Waals surface area contributed by atoms with Crippen LogP contribution in [0.2, 0.25) is 0 Å². The molecule has 2 aliphatic rings. The highest BCUT2D eigenvalue weighted by atomic mass is 32.1. The number of hydrogen-bond donors (Lipinski definition) is 1. The highest BCUT2D eigenvalue weighted by Crippen LogP contribution is 2.23. The monoisotopic (exact) mass is 309 g/mol. The second kappa shape index (κ2) is 5.61. The van der Waals surface area contributed by atoms with E-state index in [1.807, 2.05) is 25.2 Å². The maximum atomic E-state index is 11.9. The standard InChI is InChI=1S/C13H19N5O2S/c1-16(2)13-15-5-9(21-13)7-17-3-4-18-10(8-17)12(20)14-6-11(18)19/h5,10H,3-4,6-8H2,1-2H3,(H,14,20)/t10-/m0/s1. The van der Waals surface area contributed by atoms with Crippen molar-refractivity contribution < 1.29 is 9.59 Å². The van der Waals surface area contributed by atoms with Crippen molar-refractivity contribution in [1.82, 2.24) is 20.1 Å². The quantitative estimate of drug-likeness (QED) is 0.804. The van der Waals surface area contributed by atoms with Crippen molar-refractivity contribution in [1.29, 1.82) is 0 Å². The molecule has 1 atom stereocenters. The van der Waals surface area contributed by atoms with Gasteiger partial charge in [0.2, 0.25) is 11.8 Å². The largest absolute Gasteiger partial charge is 0.354 e. The van der Waals surface area contributed by atoms with Crippen molar-refractivity contribution in [2.75, 3.05) is 45.2 Å². The second-order valence-electron chi connectivity index (χ2n) is 5.56. The van der Waals surface area contributed by atoms with Crippen LogP contribution in [0.15, 0.2) is 6.20 Å². The summed E-state index contributed by atoms with van der Waals surface area (Å²) in [5, 5.41) is 3.64. The summed E-state index contributed by atoms with van der Waals surface area (Å²) in [7, 11) is 3.94. The highest BCUT2D eigenvalue weighted by molar-refractivity contribution is 7.15. The molecule has 0 unspecified atom stereocenters. The van der Waals surface area contributed by atoms with Gasteiger partial charge in [0.25, 0.3) is 0 Å². The zero-order valence-corrected chi connectivity index (χ0v) is 13.0. The van der Waals surface area contributed by atoms with Crippen molar-refractivity contribution in [2.45, 2.75) is 12.6 Å². The molecule has 21 heavy (non-hydrogen) atoms. The summed E-state index contributed by atoms with van der Waals surface area (Å²) in [6.07, 6.45) is 1.89. The fraction of sp³-hybridized carbons (Fsp3) is 0.615. The van der Waals surface area contributed by atoms with Gasteiger partial charge in [0, 0.05) is 51.3 Å². The molecule has 2 fully saturated rings. The molecule has 2 saturated heterocycles. The normalized spacial score (nSPS) is 23.0. The summed E-state index contributed by atoms with van der Waals surface area (Å²) < 4.78 is 0. The molecule has 2 amide bonds. The Kier molecular flexibility index (Phi) is 3.81. The zero-order valence-electron chi connectivity index (χ0n) is 12.2. The zero-order chi connectivity index (χ0) is 15.0. The first-order valence-electron chi connectivity index (χ1n) is 6.96. The predicted molar refractivity (Wildman–Crippen MR) is 80.2 cm³/mol. The van der Waals surface area contributed by atoms with Crippen LogP contribution in [-0.4, -0.2) is 72.9 Å². The summed E-state index contributed by atoms with van der Waals surface area (Å²) in [6, 6.07) is -0.346. The average Bonchev–Trinajstić information content (AvgIpc) is 2.92. The number of anilines is 1. The molecule has 8 heteroatoms. The third-order valence-electron chi connectivity index (χ3n) is 3.80. The van der Waals surface area contributed by atoms with E-state index >= 15 is 0 Å². The van der Waals surface area contributed by atoms with Crippen LogP contribution in [0.25, 0.3) is 0 Å². The van der Waals surface area contributed by atoms with E-state index in [0.29, 0.717) is 13.1 Å². The summed E-state index contributed by atoms with van der Waals surface area (Å²) in [5.41, 5.74) is 0. The van der Waals surface area contributed by atoms with Gasteiger partial charge in [-0.1, -0.05) is 0 Å². The molecule has 1 aromatic heterocycles. The molecule has 0 aliphatic carbocycles. The van der Waals surface area contributed by atoms with Crippen LogP contribution < -0.4 is 10.2 Å². The molecule has 3 heterocycles. The Bertz CT molecular complexity index is 559. The van der Waals surface area contributed by atoms with Gasteiger partial charge in [-0.05, 0) is 0 Å². The fourth-order valence-corrected chi connectivity index (χ4v) is 3.56. The van der Waals surface area contributed by atoms with E-state index in [4.69, 9.17) is 0 Å². The van der Waals surface area contributed by atoms with Crippen LogP contribution in [0.5, 0.6) is 0 Å². The third-order valence-corrected chi connectivity index (χ3v) is 4.95. The van der Waals surface area contributed by atoms with E-state index in [0.717, 1.165) is 18.2 Å². The van der Waals surface area contributed by atoms with Crippen molar-refractivity contribution in [2.24, 2.45) is 0 Å². The number of carbonyl (C=O) groups is 2. The van der Waals surface area contributed by atoms with Crippen LogP contribution in [-0.2, 0) is 16.1 Å². The molecule has 114 valence electrons. The van der Waals surface area contributed by atoms with Gasteiger partial charge in [-0.15, -0.1) is 11.3 Å². The van der Waals surface area contributed by atoms with Crippen LogP contribution in [0, 0.1) is 0 Å².